The maximum atomic E-state index is 12.3. The maximum Gasteiger partial charge on any atom is 0.247 e. The second-order valence-corrected chi connectivity index (χ2v) is 5.56. The standard InChI is InChI=1S/C13H22N2O2S/c1-5-14(6-2)13(17)11-8-18-9-15(11)12(16)7-10(3)4/h7,11H,5-6,8-9H2,1-4H3. The number of allylic oxidation sites excluding steroid dienone is 1. The molecule has 0 N–H and O–H groups in total. The number of nitrogens with zero attached hydrogens (tertiary/aromatic N) is 2. The maximum absolute atomic E-state index is 12.3. The summed E-state index contributed by atoms with van der Waals surface area (Å²) in [5, 5.41) is 0. The molecule has 2 amide bonds. The highest BCUT2D eigenvalue weighted by Gasteiger charge is 2.35. The highest BCUT2D eigenvalue weighted by Crippen LogP contribution is 2.23. The molecule has 1 aliphatic rings. The normalized spacial score (nSPS) is 18.7. The monoisotopic (exact) mass is 270 g/mol. The molecule has 0 aromatic carbocycles. The van der Waals surface area contributed by atoms with Crippen LogP contribution in [0.4, 0.5) is 0 Å². The van der Waals surface area contributed by atoms with Crippen LogP contribution < -0.4 is 0 Å². The fourth-order valence-corrected chi connectivity index (χ4v) is 3.10. The first kappa shape index (κ1) is 15.1. The lowest BCUT2D eigenvalue weighted by molar-refractivity contribution is -0.141. The molecule has 0 bridgehead atoms. The van der Waals surface area contributed by atoms with Gasteiger partial charge in [-0.05, 0) is 27.7 Å². The van der Waals surface area contributed by atoms with Crippen LogP contribution in [0.1, 0.15) is 27.7 Å². The number of amides is 2. The molecule has 1 saturated heterocycles. The first-order chi connectivity index (χ1) is 8.51. The number of hydrogen-bond donors (Lipinski definition) is 0. The molecule has 5 heteroatoms. The van der Waals surface area contributed by atoms with Crippen LogP contribution in [0.5, 0.6) is 0 Å². The lowest BCUT2D eigenvalue weighted by Gasteiger charge is -2.27. The molecule has 1 fully saturated rings. The molecule has 1 aliphatic heterocycles. The van der Waals surface area contributed by atoms with Crippen LogP contribution in [0.2, 0.25) is 0 Å². The molecule has 0 aromatic heterocycles. The van der Waals surface area contributed by atoms with E-state index in [0.717, 1.165) is 5.57 Å². The van der Waals surface area contributed by atoms with E-state index in [2.05, 4.69) is 0 Å². The Morgan fingerprint density at radius 3 is 2.44 bits per heavy atom. The lowest BCUT2D eigenvalue weighted by Crippen LogP contribution is -2.48. The first-order valence-electron chi connectivity index (χ1n) is 6.33. The minimum Gasteiger partial charge on any atom is -0.341 e. The summed E-state index contributed by atoms with van der Waals surface area (Å²) < 4.78 is 0. The van der Waals surface area contributed by atoms with Crippen molar-refractivity contribution < 1.29 is 9.59 Å². The molecule has 0 aliphatic carbocycles. The molecule has 1 rings (SSSR count). The van der Waals surface area contributed by atoms with Gasteiger partial charge in [0.1, 0.15) is 6.04 Å². The van der Waals surface area contributed by atoms with Gasteiger partial charge in [-0.15, -0.1) is 11.8 Å². The van der Waals surface area contributed by atoms with E-state index in [-0.39, 0.29) is 17.9 Å². The van der Waals surface area contributed by atoms with E-state index in [1.165, 1.54) is 0 Å². The zero-order valence-corrected chi connectivity index (χ0v) is 12.4. The fraction of sp³-hybridized carbons (Fsp3) is 0.692. The van der Waals surface area contributed by atoms with E-state index in [0.29, 0.717) is 24.7 Å². The predicted molar refractivity (Wildman–Crippen MR) is 75.3 cm³/mol. The molecular formula is C13H22N2O2S. The van der Waals surface area contributed by atoms with E-state index < -0.39 is 0 Å². The molecule has 0 aromatic rings. The SMILES string of the molecule is CCN(CC)C(=O)C1CSCN1C(=O)C=C(C)C. The van der Waals surface area contributed by atoms with E-state index in [1.54, 1.807) is 27.6 Å². The van der Waals surface area contributed by atoms with Crippen LogP contribution in [-0.4, -0.2) is 52.4 Å². The molecule has 4 nitrogen and oxygen atoms in total. The Kier molecular flexibility index (Phi) is 5.72. The molecule has 1 heterocycles. The Morgan fingerprint density at radius 2 is 1.94 bits per heavy atom. The van der Waals surface area contributed by atoms with Gasteiger partial charge in [0.05, 0.1) is 5.88 Å². The van der Waals surface area contributed by atoms with Crippen LogP contribution in [0.15, 0.2) is 11.6 Å². The Balaban J connectivity index is 2.79. The molecule has 0 radical (unpaired) electrons. The summed E-state index contributed by atoms with van der Waals surface area (Å²) in [4.78, 5) is 27.8. The van der Waals surface area contributed by atoms with Gasteiger partial charge in [0.25, 0.3) is 0 Å². The van der Waals surface area contributed by atoms with Gasteiger partial charge in [-0.1, -0.05) is 5.57 Å². The second kappa shape index (κ2) is 6.83. The minimum absolute atomic E-state index is 0.0505. The van der Waals surface area contributed by atoms with Crippen molar-refractivity contribution in [2.24, 2.45) is 0 Å². The van der Waals surface area contributed by atoms with Gasteiger partial charge < -0.3 is 9.80 Å². The average Bonchev–Trinajstić information content (AvgIpc) is 2.78. The molecule has 0 saturated carbocycles. The largest absolute Gasteiger partial charge is 0.341 e. The molecule has 0 spiro atoms. The van der Waals surface area contributed by atoms with Crippen molar-refractivity contribution in [2.75, 3.05) is 24.7 Å². The predicted octanol–water partition coefficient (Wildman–Crippen LogP) is 1.72. The molecule has 1 unspecified atom stereocenters. The van der Waals surface area contributed by atoms with Crippen LogP contribution in [0.3, 0.4) is 0 Å². The Labute approximate surface area is 113 Å². The number of carbonyl (C=O) groups is 2. The molecule has 18 heavy (non-hydrogen) atoms. The molecular weight excluding hydrogens is 248 g/mol. The zero-order valence-electron chi connectivity index (χ0n) is 11.6. The average molecular weight is 270 g/mol. The van der Waals surface area contributed by atoms with E-state index >= 15 is 0 Å². The van der Waals surface area contributed by atoms with Crippen molar-refractivity contribution in [3.63, 3.8) is 0 Å². The van der Waals surface area contributed by atoms with Crippen molar-refractivity contribution >= 4 is 23.6 Å². The summed E-state index contributed by atoms with van der Waals surface area (Å²) in [6.45, 7) is 9.10. The number of hydrogen-bond acceptors (Lipinski definition) is 3. The van der Waals surface area contributed by atoms with Crippen molar-refractivity contribution in [3.05, 3.63) is 11.6 Å². The highest BCUT2D eigenvalue weighted by molar-refractivity contribution is 7.99. The van der Waals surface area contributed by atoms with Crippen molar-refractivity contribution in [1.82, 2.24) is 9.80 Å². The minimum atomic E-state index is -0.294. The van der Waals surface area contributed by atoms with Crippen LogP contribution in [-0.2, 0) is 9.59 Å². The van der Waals surface area contributed by atoms with Gasteiger partial charge in [0.2, 0.25) is 11.8 Å². The third-order valence-electron chi connectivity index (χ3n) is 2.94. The van der Waals surface area contributed by atoms with Crippen molar-refractivity contribution in [1.29, 1.82) is 0 Å². The summed E-state index contributed by atoms with van der Waals surface area (Å²) >= 11 is 1.64. The molecule has 102 valence electrons. The zero-order chi connectivity index (χ0) is 13.7. The van der Waals surface area contributed by atoms with Crippen LogP contribution >= 0.6 is 11.8 Å². The topological polar surface area (TPSA) is 40.6 Å². The van der Waals surface area contributed by atoms with Gasteiger partial charge in [-0.25, -0.2) is 0 Å². The third kappa shape index (κ3) is 3.51. The summed E-state index contributed by atoms with van der Waals surface area (Å²) in [7, 11) is 0. The summed E-state index contributed by atoms with van der Waals surface area (Å²) in [6.07, 6.45) is 1.61. The van der Waals surface area contributed by atoms with E-state index in [9.17, 15) is 9.59 Å². The Hall–Kier alpha value is -0.970. The van der Waals surface area contributed by atoms with Gasteiger partial charge in [0, 0.05) is 24.9 Å². The summed E-state index contributed by atoms with van der Waals surface area (Å²) in [5.41, 5.74) is 0.964. The fourth-order valence-electron chi connectivity index (χ4n) is 1.94. The van der Waals surface area contributed by atoms with Crippen LogP contribution in [0.25, 0.3) is 0 Å². The highest BCUT2D eigenvalue weighted by atomic mass is 32.2. The van der Waals surface area contributed by atoms with E-state index in [1.807, 2.05) is 27.7 Å². The van der Waals surface area contributed by atoms with Gasteiger partial charge in [0.15, 0.2) is 0 Å². The van der Waals surface area contributed by atoms with Crippen molar-refractivity contribution in [3.8, 4) is 0 Å². The van der Waals surface area contributed by atoms with Crippen LogP contribution in [0, 0.1) is 0 Å². The van der Waals surface area contributed by atoms with Crippen molar-refractivity contribution in [2.45, 2.75) is 33.7 Å². The van der Waals surface area contributed by atoms with Gasteiger partial charge >= 0.3 is 0 Å². The smallest absolute Gasteiger partial charge is 0.247 e. The quantitative estimate of drug-likeness (QED) is 0.730. The number of likely N-dealkylation sites (N-methyl/N-ethyl adjacent to an activating group) is 1. The molecule has 1 atom stereocenters. The van der Waals surface area contributed by atoms with Gasteiger partial charge in [-0.2, -0.15) is 0 Å². The first-order valence-corrected chi connectivity index (χ1v) is 7.48. The van der Waals surface area contributed by atoms with Gasteiger partial charge in [-0.3, -0.25) is 9.59 Å². The number of thioether (sulfide) groups is 1. The Morgan fingerprint density at radius 1 is 1.33 bits per heavy atom. The van der Waals surface area contributed by atoms with E-state index in [4.69, 9.17) is 0 Å². The third-order valence-corrected chi connectivity index (χ3v) is 3.95. The lowest BCUT2D eigenvalue weighted by atomic mass is 10.2. The number of carbonyl (C=O) groups excluding carboxylic acids is 2. The Bertz CT molecular complexity index is 347. The summed E-state index contributed by atoms with van der Waals surface area (Å²) in [5.74, 6) is 1.34. The number of rotatable bonds is 4. The second-order valence-electron chi connectivity index (χ2n) is 4.56. The summed E-state index contributed by atoms with van der Waals surface area (Å²) in [6, 6.07) is -0.294.